The Morgan fingerprint density at radius 2 is 1.95 bits per heavy atom. The third-order valence-corrected chi connectivity index (χ3v) is 7.68. The van der Waals surface area contributed by atoms with E-state index in [-0.39, 0.29) is 12.0 Å². The minimum Gasteiger partial charge on any atom is -0.454 e. The second kappa shape index (κ2) is 14.4. The maximum atomic E-state index is 13.5. The largest absolute Gasteiger partial charge is 0.454 e. The summed E-state index contributed by atoms with van der Waals surface area (Å²) in [4.78, 5) is 23.3. The number of rotatable bonds is 14. The van der Waals surface area contributed by atoms with Crippen LogP contribution in [0.3, 0.4) is 0 Å². The lowest BCUT2D eigenvalue weighted by atomic mass is 9.95. The number of halogens is 1. The van der Waals surface area contributed by atoms with Gasteiger partial charge in [-0.15, -0.1) is 10.2 Å². The summed E-state index contributed by atoms with van der Waals surface area (Å²) >= 11 is 8.34. The number of likely N-dealkylation sites (N-methyl/N-ethyl adjacent to an activating group) is 1. The number of hydrogen-bond donors (Lipinski definition) is 2. The van der Waals surface area contributed by atoms with Crippen LogP contribution < -0.4 is 0 Å². The lowest BCUT2D eigenvalue weighted by Crippen LogP contribution is -2.38. The molecule has 2 aromatic heterocycles. The van der Waals surface area contributed by atoms with Crippen molar-refractivity contribution in [2.75, 3.05) is 26.1 Å². The molecule has 2 atom stereocenters. The predicted octanol–water partition coefficient (Wildman–Crippen LogP) is 5.76. The van der Waals surface area contributed by atoms with Crippen molar-refractivity contribution in [1.29, 1.82) is 0 Å². The second-order valence-corrected chi connectivity index (χ2v) is 11.2. The first-order valence-electron chi connectivity index (χ1n) is 13.4. The van der Waals surface area contributed by atoms with Crippen molar-refractivity contribution in [2.24, 2.45) is 0 Å². The molecule has 2 heterocycles. The lowest BCUT2D eigenvalue weighted by molar-refractivity contribution is -0.155. The molecule has 0 spiro atoms. The maximum Gasteiger partial charge on any atom is 0.324 e. The van der Waals surface area contributed by atoms with E-state index in [1.54, 1.807) is 11.8 Å². The second-order valence-electron chi connectivity index (χ2n) is 9.86. The first-order valence-corrected chi connectivity index (χ1v) is 15.2. The minimum absolute atomic E-state index is 0.288. The van der Waals surface area contributed by atoms with Gasteiger partial charge in [-0.3, -0.25) is 9.69 Å². The van der Waals surface area contributed by atoms with Gasteiger partial charge in [-0.1, -0.05) is 67.4 Å². The van der Waals surface area contributed by atoms with Gasteiger partial charge in [0.15, 0.2) is 5.15 Å². The number of carbonyl (C=O) groups is 1. The van der Waals surface area contributed by atoms with Gasteiger partial charge in [-0.25, -0.2) is 4.98 Å². The van der Waals surface area contributed by atoms with Crippen LogP contribution in [0, 0.1) is 0 Å². The van der Waals surface area contributed by atoms with E-state index in [9.17, 15) is 4.79 Å². The molecular weight excluding hydrogens is 546 g/mol. The SMILES string of the molecule is CCCCc1nc(Cl)c([C@@H](Cc2ccc(-c3ccccc3)c(-c3nn[nH]n3)c2)OC(=O)[C@@H](CCSC)N(C)C)[nH]1. The molecular formula is C29H36ClN7O2S. The number of hydrogen-bond acceptors (Lipinski definition) is 8. The molecule has 0 fully saturated rings. The number of ether oxygens (including phenoxy) is 1. The Hall–Kier alpha value is -3.21. The van der Waals surface area contributed by atoms with Crippen LogP contribution in [0.1, 0.15) is 49.4 Å². The third kappa shape index (κ3) is 7.50. The average Bonchev–Trinajstić information content (AvgIpc) is 3.62. The molecule has 2 aromatic carbocycles. The van der Waals surface area contributed by atoms with Crippen LogP contribution in [-0.4, -0.2) is 73.6 Å². The zero-order valence-corrected chi connectivity index (χ0v) is 24.9. The van der Waals surface area contributed by atoms with Gasteiger partial charge < -0.3 is 9.72 Å². The van der Waals surface area contributed by atoms with E-state index >= 15 is 0 Å². The van der Waals surface area contributed by atoms with Crippen molar-refractivity contribution >= 4 is 29.3 Å². The number of aromatic nitrogens is 6. The van der Waals surface area contributed by atoms with Gasteiger partial charge in [-0.05, 0) is 66.9 Å². The standard InChI is InChI=1S/C29H36ClN7O2S/c1-5-6-12-25-31-26(27(30)32-25)24(39-29(38)23(37(2)3)15-16-40-4)18-19-13-14-21(20-10-8-7-9-11-20)22(17-19)28-33-35-36-34-28/h7-11,13-14,17,23-24H,5-6,12,15-16,18H2,1-4H3,(H,31,32)(H,33,34,35,36)/t23-,24-/m1/s1. The number of aromatic amines is 2. The molecule has 4 aromatic rings. The summed E-state index contributed by atoms with van der Waals surface area (Å²) in [6.45, 7) is 2.13. The number of thioether (sulfide) groups is 1. The van der Waals surface area contributed by atoms with Gasteiger partial charge in [-0.2, -0.15) is 17.0 Å². The van der Waals surface area contributed by atoms with Crippen LogP contribution in [0.15, 0.2) is 48.5 Å². The molecule has 40 heavy (non-hydrogen) atoms. The molecule has 9 nitrogen and oxygen atoms in total. The number of H-pyrrole nitrogens is 2. The summed E-state index contributed by atoms with van der Waals surface area (Å²) in [7, 11) is 3.79. The fourth-order valence-corrected chi connectivity index (χ4v) is 5.32. The topological polar surface area (TPSA) is 113 Å². The van der Waals surface area contributed by atoms with E-state index in [0.717, 1.165) is 53.1 Å². The molecule has 0 aliphatic carbocycles. The summed E-state index contributed by atoms with van der Waals surface area (Å²) in [5, 5.41) is 15.1. The average molecular weight is 582 g/mol. The molecule has 0 amide bonds. The Morgan fingerprint density at radius 1 is 1.15 bits per heavy atom. The Balaban J connectivity index is 1.70. The Morgan fingerprint density at radius 3 is 2.62 bits per heavy atom. The maximum absolute atomic E-state index is 13.5. The Labute approximate surface area is 244 Å². The van der Waals surface area contributed by atoms with Gasteiger partial charge in [0, 0.05) is 18.4 Å². The van der Waals surface area contributed by atoms with Gasteiger partial charge in [0.1, 0.15) is 18.0 Å². The number of tetrazole rings is 1. The van der Waals surface area contributed by atoms with Gasteiger partial charge >= 0.3 is 5.97 Å². The zero-order valence-electron chi connectivity index (χ0n) is 23.4. The summed E-state index contributed by atoms with van der Waals surface area (Å²) in [5.74, 6) is 1.84. The van der Waals surface area contributed by atoms with Crippen LogP contribution in [0.25, 0.3) is 22.5 Å². The number of nitrogens with one attached hydrogen (secondary N) is 2. The van der Waals surface area contributed by atoms with E-state index in [1.165, 1.54) is 0 Å². The normalized spacial score (nSPS) is 12.9. The minimum atomic E-state index is -0.653. The number of nitrogens with zero attached hydrogens (tertiary/aromatic N) is 5. The third-order valence-electron chi connectivity index (χ3n) is 6.75. The van der Waals surface area contributed by atoms with Gasteiger partial charge in [0.2, 0.25) is 5.82 Å². The van der Waals surface area contributed by atoms with Crippen LogP contribution in [-0.2, 0) is 22.4 Å². The molecule has 0 bridgehead atoms. The van der Waals surface area contributed by atoms with E-state index in [0.29, 0.717) is 29.5 Å². The lowest BCUT2D eigenvalue weighted by Gasteiger charge is -2.25. The van der Waals surface area contributed by atoms with Gasteiger partial charge in [0.05, 0.1) is 5.69 Å². The van der Waals surface area contributed by atoms with Crippen molar-refractivity contribution < 1.29 is 9.53 Å². The van der Waals surface area contributed by atoms with Crippen molar-refractivity contribution in [3.63, 3.8) is 0 Å². The van der Waals surface area contributed by atoms with Crippen LogP contribution in [0.5, 0.6) is 0 Å². The summed E-state index contributed by atoms with van der Waals surface area (Å²) < 4.78 is 6.21. The molecule has 0 aliphatic heterocycles. The number of benzene rings is 2. The van der Waals surface area contributed by atoms with Crippen LogP contribution >= 0.6 is 23.4 Å². The molecule has 2 N–H and O–H groups in total. The molecule has 11 heteroatoms. The fraction of sp³-hybridized carbons (Fsp3) is 0.414. The quantitative estimate of drug-likeness (QED) is 0.181. The van der Waals surface area contributed by atoms with Crippen molar-refractivity contribution in [1.82, 2.24) is 35.5 Å². The first kappa shape index (κ1) is 29.8. The molecule has 4 rings (SSSR count). The fourth-order valence-electron chi connectivity index (χ4n) is 4.59. The van der Waals surface area contributed by atoms with Crippen LogP contribution in [0.4, 0.5) is 0 Å². The highest BCUT2D eigenvalue weighted by Gasteiger charge is 2.29. The van der Waals surface area contributed by atoms with E-state index in [2.05, 4.69) is 37.5 Å². The number of aryl methyl sites for hydroxylation is 1. The highest BCUT2D eigenvalue weighted by molar-refractivity contribution is 7.98. The molecule has 0 aliphatic rings. The smallest absolute Gasteiger partial charge is 0.324 e. The summed E-state index contributed by atoms with van der Waals surface area (Å²) in [6, 6.07) is 15.8. The summed E-state index contributed by atoms with van der Waals surface area (Å²) in [6.07, 6.45) is 5.26. The van der Waals surface area contributed by atoms with Crippen molar-refractivity contribution in [2.45, 2.75) is 51.2 Å². The highest BCUT2D eigenvalue weighted by atomic mass is 35.5. The number of esters is 1. The number of unbranched alkanes of at least 4 members (excludes halogenated alkanes) is 1. The molecule has 212 valence electrons. The molecule has 0 unspecified atom stereocenters. The zero-order chi connectivity index (χ0) is 28.5. The summed E-state index contributed by atoms with van der Waals surface area (Å²) in [5.41, 5.74) is 4.38. The van der Waals surface area contributed by atoms with Crippen molar-refractivity contribution in [3.05, 3.63) is 70.8 Å². The van der Waals surface area contributed by atoms with Crippen molar-refractivity contribution in [3.8, 4) is 22.5 Å². The molecule has 0 radical (unpaired) electrons. The number of carbonyl (C=O) groups excluding carboxylic acids is 1. The van der Waals surface area contributed by atoms with E-state index in [4.69, 9.17) is 16.3 Å². The highest BCUT2D eigenvalue weighted by Crippen LogP contribution is 2.34. The molecule has 0 saturated carbocycles. The predicted molar refractivity (Wildman–Crippen MR) is 160 cm³/mol. The monoisotopic (exact) mass is 581 g/mol. The van der Waals surface area contributed by atoms with Crippen LogP contribution in [0.2, 0.25) is 5.15 Å². The van der Waals surface area contributed by atoms with E-state index < -0.39 is 6.10 Å². The van der Waals surface area contributed by atoms with E-state index in [1.807, 2.05) is 73.8 Å². The van der Waals surface area contributed by atoms with Gasteiger partial charge in [0.25, 0.3) is 0 Å². The Bertz CT molecular complexity index is 1360. The first-order chi connectivity index (χ1) is 19.4. The Kier molecular flexibility index (Phi) is 10.7. The molecule has 0 saturated heterocycles. The number of imidazole rings is 1.